The fraction of sp³-hybridized carbons (Fsp3) is 0.381. The van der Waals surface area contributed by atoms with Crippen LogP contribution in [0.3, 0.4) is 0 Å². The van der Waals surface area contributed by atoms with Crippen LogP contribution in [0.1, 0.15) is 68.1 Å². The molecule has 1 aliphatic carbocycles. The van der Waals surface area contributed by atoms with Crippen LogP contribution in [-0.2, 0) is 4.74 Å². The van der Waals surface area contributed by atoms with Crippen LogP contribution < -0.4 is 10.6 Å². The molecule has 2 amide bonds. The van der Waals surface area contributed by atoms with Crippen molar-refractivity contribution in [2.75, 3.05) is 12.4 Å². The quantitative estimate of drug-likeness (QED) is 0.661. The van der Waals surface area contributed by atoms with Crippen molar-refractivity contribution in [2.24, 2.45) is 0 Å². The number of amides is 2. The van der Waals surface area contributed by atoms with Crippen LogP contribution in [0, 0.1) is 6.92 Å². The number of benzene rings is 1. The van der Waals surface area contributed by atoms with Crippen LogP contribution in [0.15, 0.2) is 24.3 Å². The summed E-state index contributed by atoms with van der Waals surface area (Å²) in [6.07, 6.45) is 5.30. The molecule has 0 aliphatic heterocycles. The zero-order valence-corrected chi connectivity index (χ0v) is 17.9. The SMILES string of the molecule is COC(=O)c1c(NC(=O)c2cccc(Cl)c2)sc(C(=O)NC2CCCCC2)c1C. The minimum atomic E-state index is -0.600. The van der Waals surface area contributed by atoms with E-state index < -0.39 is 11.9 Å². The Hall–Kier alpha value is -2.38. The average molecular weight is 435 g/mol. The van der Waals surface area contributed by atoms with Gasteiger partial charge in [-0.3, -0.25) is 9.59 Å². The minimum Gasteiger partial charge on any atom is -0.465 e. The van der Waals surface area contributed by atoms with Crippen LogP contribution >= 0.6 is 22.9 Å². The highest BCUT2D eigenvalue weighted by Gasteiger charge is 2.27. The second-order valence-corrected chi connectivity index (χ2v) is 8.48. The Balaban J connectivity index is 1.87. The number of carbonyl (C=O) groups excluding carboxylic acids is 3. The van der Waals surface area contributed by atoms with Crippen LogP contribution in [0.4, 0.5) is 5.00 Å². The van der Waals surface area contributed by atoms with Crippen molar-refractivity contribution in [2.45, 2.75) is 45.1 Å². The molecular formula is C21H23ClN2O4S. The van der Waals surface area contributed by atoms with Crippen LogP contribution in [0.2, 0.25) is 5.02 Å². The van der Waals surface area contributed by atoms with Crippen molar-refractivity contribution in [3.8, 4) is 0 Å². The number of halogens is 1. The van der Waals surface area contributed by atoms with Crippen LogP contribution in [0.25, 0.3) is 0 Å². The van der Waals surface area contributed by atoms with Gasteiger partial charge in [-0.2, -0.15) is 0 Å². The van der Waals surface area contributed by atoms with Gasteiger partial charge in [-0.05, 0) is 43.5 Å². The van der Waals surface area contributed by atoms with Gasteiger partial charge in [-0.25, -0.2) is 4.79 Å². The molecule has 2 N–H and O–H groups in total. The highest BCUT2D eigenvalue weighted by molar-refractivity contribution is 7.18. The summed E-state index contributed by atoms with van der Waals surface area (Å²) >= 11 is 7.03. The topological polar surface area (TPSA) is 84.5 Å². The second-order valence-electron chi connectivity index (χ2n) is 7.02. The third-order valence-electron chi connectivity index (χ3n) is 5.00. The van der Waals surface area contributed by atoms with Gasteiger partial charge in [0.05, 0.1) is 17.6 Å². The molecule has 0 unspecified atom stereocenters. The molecule has 0 saturated heterocycles. The van der Waals surface area contributed by atoms with E-state index in [0.29, 0.717) is 21.0 Å². The fourth-order valence-corrected chi connectivity index (χ4v) is 4.75. The minimum absolute atomic E-state index is 0.142. The highest BCUT2D eigenvalue weighted by Crippen LogP contribution is 2.34. The molecular weight excluding hydrogens is 412 g/mol. The van der Waals surface area contributed by atoms with Crippen molar-refractivity contribution < 1.29 is 19.1 Å². The lowest BCUT2D eigenvalue weighted by atomic mass is 9.95. The number of rotatable bonds is 5. The number of carbonyl (C=O) groups is 3. The number of ether oxygens (including phenoxy) is 1. The number of hydrogen-bond acceptors (Lipinski definition) is 5. The lowest BCUT2D eigenvalue weighted by Crippen LogP contribution is -2.36. The summed E-state index contributed by atoms with van der Waals surface area (Å²) in [5, 5.41) is 6.50. The van der Waals surface area contributed by atoms with Crippen LogP contribution in [0.5, 0.6) is 0 Å². The van der Waals surface area contributed by atoms with E-state index in [-0.39, 0.29) is 22.5 Å². The van der Waals surface area contributed by atoms with Gasteiger partial charge in [0.25, 0.3) is 11.8 Å². The van der Waals surface area contributed by atoms with Gasteiger partial charge in [0.2, 0.25) is 0 Å². The van der Waals surface area contributed by atoms with Crippen molar-refractivity contribution in [1.29, 1.82) is 0 Å². The summed E-state index contributed by atoms with van der Waals surface area (Å²) in [6.45, 7) is 1.69. The monoisotopic (exact) mass is 434 g/mol. The maximum atomic E-state index is 12.8. The van der Waals surface area contributed by atoms with E-state index in [0.717, 1.165) is 37.0 Å². The van der Waals surface area contributed by atoms with Crippen LogP contribution in [-0.4, -0.2) is 30.9 Å². The molecule has 0 radical (unpaired) electrons. The molecule has 1 aliphatic rings. The van der Waals surface area contributed by atoms with Gasteiger partial charge in [-0.1, -0.05) is 36.9 Å². The molecule has 29 heavy (non-hydrogen) atoms. The number of esters is 1. The molecule has 2 aromatic rings. The van der Waals surface area contributed by atoms with E-state index >= 15 is 0 Å². The number of hydrogen-bond donors (Lipinski definition) is 2. The first-order valence-corrected chi connectivity index (χ1v) is 10.7. The fourth-order valence-electron chi connectivity index (χ4n) is 3.47. The lowest BCUT2D eigenvalue weighted by Gasteiger charge is -2.22. The molecule has 8 heteroatoms. The largest absolute Gasteiger partial charge is 0.465 e. The lowest BCUT2D eigenvalue weighted by molar-refractivity contribution is 0.0601. The van der Waals surface area contributed by atoms with E-state index in [4.69, 9.17) is 16.3 Å². The van der Waals surface area contributed by atoms with Gasteiger partial charge in [-0.15, -0.1) is 11.3 Å². The normalized spacial score (nSPS) is 14.3. The summed E-state index contributed by atoms with van der Waals surface area (Å²) in [5.74, 6) is -1.25. The zero-order valence-electron chi connectivity index (χ0n) is 16.3. The van der Waals surface area contributed by atoms with Gasteiger partial charge in [0.15, 0.2) is 0 Å². The van der Waals surface area contributed by atoms with E-state index in [9.17, 15) is 14.4 Å². The van der Waals surface area contributed by atoms with Crippen molar-refractivity contribution >= 4 is 45.7 Å². The number of anilines is 1. The summed E-state index contributed by atoms with van der Waals surface area (Å²) in [6, 6.07) is 6.63. The third kappa shape index (κ3) is 4.97. The Morgan fingerprint density at radius 1 is 1.14 bits per heavy atom. The number of thiophene rings is 1. The Morgan fingerprint density at radius 3 is 2.52 bits per heavy atom. The smallest absolute Gasteiger partial charge is 0.341 e. The molecule has 1 heterocycles. The van der Waals surface area contributed by atoms with E-state index in [1.54, 1.807) is 25.1 Å². The van der Waals surface area contributed by atoms with Gasteiger partial charge in [0.1, 0.15) is 5.00 Å². The predicted octanol–water partition coefficient (Wildman–Crippen LogP) is 4.81. The second kappa shape index (κ2) is 9.41. The van der Waals surface area contributed by atoms with E-state index in [2.05, 4.69) is 10.6 Å². The molecule has 0 spiro atoms. The van der Waals surface area contributed by atoms with Gasteiger partial charge < -0.3 is 15.4 Å². The van der Waals surface area contributed by atoms with Crippen molar-refractivity contribution in [1.82, 2.24) is 5.32 Å². The summed E-state index contributed by atoms with van der Waals surface area (Å²) in [5.41, 5.74) is 1.05. The zero-order chi connectivity index (χ0) is 21.0. The highest BCUT2D eigenvalue weighted by atomic mass is 35.5. The Labute approximate surface area is 178 Å². The average Bonchev–Trinajstić information content (AvgIpc) is 3.04. The van der Waals surface area contributed by atoms with Gasteiger partial charge in [0, 0.05) is 16.6 Å². The molecule has 1 aromatic heterocycles. The molecule has 6 nitrogen and oxygen atoms in total. The predicted molar refractivity (Wildman–Crippen MR) is 114 cm³/mol. The first-order chi connectivity index (χ1) is 13.9. The number of methoxy groups -OCH3 is 1. The van der Waals surface area contributed by atoms with E-state index in [1.165, 1.54) is 19.6 Å². The third-order valence-corrected chi connectivity index (χ3v) is 6.44. The summed E-state index contributed by atoms with van der Waals surface area (Å²) in [7, 11) is 1.27. The Bertz CT molecular complexity index is 935. The van der Waals surface area contributed by atoms with Crippen molar-refractivity contribution in [3.05, 3.63) is 50.9 Å². The molecule has 154 valence electrons. The Kier molecular flexibility index (Phi) is 6.92. The van der Waals surface area contributed by atoms with Gasteiger partial charge >= 0.3 is 5.97 Å². The van der Waals surface area contributed by atoms with E-state index in [1.807, 2.05) is 0 Å². The molecule has 3 rings (SSSR count). The number of nitrogens with one attached hydrogen (secondary N) is 2. The summed E-state index contributed by atoms with van der Waals surface area (Å²) in [4.78, 5) is 38.2. The maximum Gasteiger partial charge on any atom is 0.341 e. The molecule has 0 atom stereocenters. The molecule has 1 aromatic carbocycles. The summed E-state index contributed by atoms with van der Waals surface area (Å²) < 4.78 is 4.87. The Morgan fingerprint density at radius 2 is 1.86 bits per heavy atom. The standard InChI is InChI=1S/C21H23ClN2O4S/c1-12-16(21(27)28-2)20(24-18(25)13-7-6-8-14(22)11-13)29-17(12)19(26)23-15-9-4-3-5-10-15/h6-8,11,15H,3-5,9-10H2,1-2H3,(H,23,26)(H,24,25). The molecule has 1 fully saturated rings. The maximum absolute atomic E-state index is 12.8. The first-order valence-electron chi connectivity index (χ1n) is 9.50. The first kappa shape index (κ1) is 21.3. The van der Waals surface area contributed by atoms with Crippen molar-refractivity contribution in [3.63, 3.8) is 0 Å². The molecule has 0 bridgehead atoms. The molecule has 1 saturated carbocycles.